The first-order valence-corrected chi connectivity index (χ1v) is 7.18. The molecule has 1 aliphatic rings. The van der Waals surface area contributed by atoms with E-state index in [9.17, 15) is 0 Å². The van der Waals surface area contributed by atoms with Gasteiger partial charge in [-0.1, -0.05) is 6.07 Å². The molecule has 1 aliphatic carbocycles. The van der Waals surface area contributed by atoms with Gasteiger partial charge in [0.1, 0.15) is 5.82 Å². The van der Waals surface area contributed by atoms with Crippen LogP contribution in [0.25, 0.3) is 16.9 Å². The Morgan fingerprint density at radius 3 is 2.90 bits per heavy atom. The van der Waals surface area contributed by atoms with E-state index in [0.717, 1.165) is 16.9 Å². The predicted octanol–water partition coefficient (Wildman–Crippen LogP) is 3.01. The molecule has 3 aromatic rings. The summed E-state index contributed by atoms with van der Waals surface area (Å²) < 4.78 is 2.08. The van der Waals surface area contributed by atoms with Crippen LogP contribution in [0.15, 0.2) is 49.1 Å². The lowest BCUT2D eigenvalue weighted by Gasteiger charge is -2.11. The third-order valence-electron chi connectivity index (χ3n) is 4.11. The number of nitrogens with two attached hydrogens (primary N) is 1. The molecule has 0 amide bonds. The van der Waals surface area contributed by atoms with E-state index in [1.807, 2.05) is 24.7 Å². The zero-order valence-electron chi connectivity index (χ0n) is 11.7. The van der Waals surface area contributed by atoms with Gasteiger partial charge in [-0.2, -0.15) is 0 Å². The number of imidazole rings is 1. The zero-order valence-corrected chi connectivity index (χ0v) is 11.7. The number of anilines is 1. The van der Waals surface area contributed by atoms with E-state index in [0.29, 0.717) is 5.82 Å². The molecule has 0 spiro atoms. The number of aromatic nitrogens is 3. The van der Waals surface area contributed by atoms with Gasteiger partial charge in [-0.05, 0) is 54.7 Å². The van der Waals surface area contributed by atoms with E-state index >= 15 is 0 Å². The highest BCUT2D eigenvalue weighted by molar-refractivity contribution is 5.72. The summed E-state index contributed by atoms with van der Waals surface area (Å²) >= 11 is 0. The van der Waals surface area contributed by atoms with Crippen LogP contribution in [0.3, 0.4) is 0 Å². The quantitative estimate of drug-likeness (QED) is 0.782. The van der Waals surface area contributed by atoms with Gasteiger partial charge >= 0.3 is 0 Å². The molecule has 0 saturated heterocycles. The van der Waals surface area contributed by atoms with Gasteiger partial charge in [-0.3, -0.25) is 4.57 Å². The molecule has 0 fully saturated rings. The van der Waals surface area contributed by atoms with Gasteiger partial charge in [-0.15, -0.1) is 0 Å². The van der Waals surface area contributed by atoms with E-state index in [1.54, 1.807) is 6.20 Å². The number of nitrogen functional groups attached to an aromatic ring is 1. The van der Waals surface area contributed by atoms with Crippen molar-refractivity contribution in [1.82, 2.24) is 14.5 Å². The number of fused-ring (bicyclic) bond motifs is 1. The molecular weight excluding hydrogens is 260 g/mol. The van der Waals surface area contributed by atoms with Crippen LogP contribution in [0.1, 0.15) is 17.5 Å². The lowest BCUT2D eigenvalue weighted by molar-refractivity contribution is 0.911. The molecule has 4 nitrogen and oxygen atoms in total. The lowest BCUT2D eigenvalue weighted by atomic mass is 10.1. The standard InChI is InChI=1S/C17H16N4/c18-17-15(5-2-8-20-17)16-10-19-11-21(16)14-7-6-12-3-1-4-13(12)9-14/h2,5-11H,1,3-4H2,(H2,18,20). The van der Waals surface area contributed by atoms with Crippen molar-refractivity contribution < 1.29 is 0 Å². The molecule has 0 aliphatic heterocycles. The topological polar surface area (TPSA) is 56.7 Å². The summed E-state index contributed by atoms with van der Waals surface area (Å²) in [5, 5.41) is 0. The molecule has 104 valence electrons. The smallest absolute Gasteiger partial charge is 0.132 e. The Bertz CT molecular complexity index is 804. The second-order valence-corrected chi connectivity index (χ2v) is 5.39. The number of nitrogens with zero attached hydrogens (tertiary/aromatic N) is 3. The van der Waals surface area contributed by atoms with Crippen LogP contribution in [0.2, 0.25) is 0 Å². The maximum Gasteiger partial charge on any atom is 0.132 e. The Morgan fingerprint density at radius 2 is 2.00 bits per heavy atom. The molecular formula is C17H16N4. The summed E-state index contributed by atoms with van der Waals surface area (Å²) in [4.78, 5) is 8.45. The molecule has 2 aromatic heterocycles. The lowest BCUT2D eigenvalue weighted by Crippen LogP contribution is -2.00. The molecule has 1 aromatic carbocycles. The average molecular weight is 276 g/mol. The molecule has 0 radical (unpaired) electrons. The summed E-state index contributed by atoms with van der Waals surface area (Å²) in [6.45, 7) is 0. The van der Waals surface area contributed by atoms with Crippen LogP contribution in [0.5, 0.6) is 0 Å². The van der Waals surface area contributed by atoms with Crippen LogP contribution in [0.4, 0.5) is 5.82 Å². The second-order valence-electron chi connectivity index (χ2n) is 5.39. The molecule has 0 saturated carbocycles. The Labute approximate surface area is 123 Å². The largest absolute Gasteiger partial charge is 0.383 e. The summed E-state index contributed by atoms with van der Waals surface area (Å²) in [6, 6.07) is 10.5. The molecule has 4 heteroatoms. The van der Waals surface area contributed by atoms with Gasteiger partial charge in [-0.25, -0.2) is 9.97 Å². The Kier molecular flexibility index (Phi) is 2.74. The zero-order chi connectivity index (χ0) is 14.2. The van der Waals surface area contributed by atoms with Crippen molar-refractivity contribution in [2.45, 2.75) is 19.3 Å². The van der Waals surface area contributed by atoms with Crippen molar-refractivity contribution in [1.29, 1.82) is 0 Å². The van der Waals surface area contributed by atoms with Crippen LogP contribution in [-0.4, -0.2) is 14.5 Å². The minimum absolute atomic E-state index is 0.528. The van der Waals surface area contributed by atoms with E-state index in [2.05, 4.69) is 32.7 Å². The fourth-order valence-corrected chi connectivity index (χ4v) is 3.04. The Hall–Kier alpha value is -2.62. The van der Waals surface area contributed by atoms with Crippen LogP contribution in [-0.2, 0) is 12.8 Å². The van der Waals surface area contributed by atoms with Crippen molar-refractivity contribution in [3.63, 3.8) is 0 Å². The normalized spacial score (nSPS) is 13.3. The first-order chi connectivity index (χ1) is 10.3. The number of hydrogen-bond donors (Lipinski definition) is 1. The predicted molar refractivity (Wildman–Crippen MR) is 83.2 cm³/mol. The number of pyridine rings is 1. The van der Waals surface area contributed by atoms with Crippen LogP contribution >= 0.6 is 0 Å². The number of hydrogen-bond acceptors (Lipinski definition) is 3. The van der Waals surface area contributed by atoms with Gasteiger partial charge < -0.3 is 5.73 Å². The minimum Gasteiger partial charge on any atom is -0.383 e. The second kappa shape index (κ2) is 4.74. The average Bonchev–Trinajstić information content (AvgIpc) is 3.15. The molecule has 0 bridgehead atoms. The van der Waals surface area contributed by atoms with E-state index in [-0.39, 0.29) is 0 Å². The van der Waals surface area contributed by atoms with Crippen molar-refractivity contribution in [2.24, 2.45) is 0 Å². The SMILES string of the molecule is Nc1ncccc1-c1cncn1-c1ccc2c(c1)CCC2. The summed E-state index contributed by atoms with van der Waals surface area (Å²) in [6.07, 6.45) is 8.99. The third-order valence-corrected chi connectivity index (χ3v) is 4.11. The Balaban J connectivity index is 1.84. The molecule has 0 unspecified atom stereocenters. The molecule has 0 atom stereocenters. The minimum atomic E-state index is 0.528. The fourth-order valence-electron chi connectivity index (χ4n) is 3.04. The van der Waals surface area contributed by atoms with Crippen molar-refractivity contribution in [3.8, 4) is 16.9 Å². The summed E-state index contributed by atoms with van der Waals surface area (Å²) in [7, 11) is 0. The first-order valence-electron chi connectivity index (χ1n) is 7.18. The number of aryl methyl sites for hydroxylation is 2. The highest BCUT2D eigenvalue weighted by Crippen LogP contribution is 2.29. The monoisotopic (exact) mass is 276 g/mol. The summed E-state index contributed by atoms with van der Waals surface area (Å²) in [5.41, 5.74) is 11.9. The third kappa shape index (κ3) is 2.00. The maximum atomic E-state index is 6.00. The van der Waals surface area contributed by atoms with Gasteiger partial charge in [0, 0.05) is 17.4 Å². The van der Waals surface area contributed by atoms with Crippen LogP contribution in [0, 0.1) is 0 Å². The first kappa shape index (κ1) is 12.1. The molecule has 4 rings (SSSR count). The maximum absolute atomic E-state index is 6.00. The number of benzene rings is 1. The number of rotatable bonds is 2. The van der Waals surface area contributed by atoms with Gasteiger partial charge in [0.15, 0.2) is 0 Å². The van der Waals surface area contributed by atoms with Crippen molar-refractivity contribution in [2.75, 3.05) is 5.73 Å². The molecule has 2 N–H and O–H groups in total. The van der Waals surface area contributed by atoms with Crippen molar-refractivity contribution >= 4 is 5.82 Å². The summed E-state index contributed by atoms with van der Waals surface area (Å²) in [5.74, 6) is 0.528. The Morgan fingerprint density at radius 1 is 1.10 bits per heavy atom. The van der Waals surface area contributed by atoms with E-state index in [1.165, 1.54) is 30.4 Å². The van der Waals surface area contributed by atoms with Gasteiger partial charge in [0.05, 0.1) is 18.2 Å². The van der Waals surface area contributed by atoms with E-state index in [4.69, 9.17) is 5.73 Å². The van der Waals surface area contributed by atoms with Gasteiger partial charge in [0.25, 0.3) is 0 Å². The van der Waals surface area contributed by atoms with Crippen molar-refractivity contribution in [3.05, 3.63) is 60.2 Å². The highest BCUT2D eigenvalue weighted by atomic mass is 15.1. The molecule has 2 heterocycles. The molecule has 21 heavy (non-hydrogen) atoms. The van der Waals surface area contributed by atoms with E-state index < -0.39 is 0 Å². The highest BCUT2D eigenvalue weighted by Gasteiger charge is 2.14. The van der Waals surface area contributed by atoms with Crippen LogP contribution < -0.4 is 5.73 Å². The van der Waals surface area contributed by atoms with Gasteiger partial charge in [0.2, 0.25) is 0 Å². The fraction of sp³-hybridized carbons (Fsp3) is 0.176.